The van der Waals surface area contributed by atoms with Gasteiger partial charge in [0.25, 0.3) is 5.91 Å². The maximum absolute atomic E-state index is 12.5. The zero-order valence-corrected chi connectivity index (χ0v) is 13.7. The van der Waals surface area contributed by atoms with E-state index < -0.39 is 0 Å². The summed E-state index contributed by atoms with van der Waals surface area (Å²) in [4.78, 5) is 16.5. The Morgan fingerprint density at radius 2 is 2.04 bits per heavy atom. The second kappa shape index (κ2) is 7.75. The number of amides is 1. The van der Waals surface area contributed by atoms with Crippen LogP contribution in [0.1, 0.15) is 15.9 Å². The van der Waals surface area contributed by atoms with Crippen LogP contribution in [0.5, 0.6) is 0 Å². The van der Waals surface area contributed by atoms with E-state index in [-0.39, 0.29) is 5.91 Å². The summed E-state index contributed by atoms with van der Waals surface area (Å²) in [7, 11) is 1.69. The van der Waals surface area contributed by atoms with E-state index in [1.807, 2.05) is 42.6 Å². The lowest BCUT2D eigenvalue weighted by molar-refractivity contribution is 0.0956. The Bertz CT molecular complexity index is 812. The molecule has 1 N–H and O–H groups in total. The number of methoxy groups -OCH3 is 1. The Morgan fingerprint density at radius 3 is 2.83 bits per heavy atom. The number of pyridine rings is 1. The molecule has 0 saturated carbocycles. The smallest absolute Gasteiger partial charge is 0.251 e. The van der Waals surface area contributed by atoms with Gasteiger partial charge in [-0.25, -0.2) is 0 Å². The number of fused-ring (bicyclic) bond motifs is 1. The molecule has 2 heterocycles. The summed E-state index contributed by atoms with van der Waals surface area (Å²) in [6.45, 7) is 2.02. The van der Waals surface area contributed by atoms with Crippen LogP contribution in [0.15, 0.2) is 55.0 Å². The molecule has 24 heavy (non-hydrogen) atoms. The quantitative estimate of drug-likeness (QED) is 0.727. The molecule has 0 aliphatic carbocycles. The van der Waals surface area contributed by atoms with Gasteiger partial charge in [-0.15, -0.1) is 0 Å². The van der Waals surface area contributed by atoms with Crippen molar-refractivity contribution in [1.82, 2.24) is 14.9 Å². The largest absolute Gasteiger partial charge is 0.383 e. The van der Waals surface area contributed by atoms with E-state index in [9.17, 15) is 4.79 Å². The molecule has 124 valence electrons. The van der Waals surface area contributed by atoms with Crippen molar-refractivity contribution in [3.05, 3.63) is 66.1 Å². The number of hydrogen-bond donors (Lipinski definition) is 1. The van der Waals surface area contributed by atoms with Gasteiger partial charge in [0.2, 0.25) is 0 Å². The van der Waals surface area contributed by atoms with Crippen LogP contribution in [0.25, 0.3) is 10.9 Å². The van der Waals surface area contributed by atoms with Crippen LogP contribution in [0.4, 0.5) is 0 Å². The van der Waals surface area contributed by atoms with E-state index in [1.54, 1.807) is 19.5 Å². The molecule has 3 aromatic rings. The lowest BCUT2D eigenvalue weighted by atomic mass is 10.1. The molecule has 0 unspecified atom stereocenters. The van der Waals surface area contributed by atoms with Gasteiger partial charge in [0.15, 0.2) is 0 Å². The normalized spacial score (nSPS) is 10.9. The first kappa shape index (κ1) is 16.2. The monoisotopic (exact) mass is 323 g/mol. The van der Waals surface area contributed by atoms with Gasteiger partial charge in [0.05, 0.1) is 6.61 Å². The van der Waals surface area contributed by atoms with E-state index in [0.717, 1.165) is 29.4 Å². The Balaban J connectivity index is 1.69. The minimum atomic E-state index is -0.0425. The maximum atomic E-state index is 12.5. The highest BCUT2D eigenvalue weighted by Gasteiger charge is 2.11. The molecule has 0 aliphatic heterocycles. The fraction of sp³-hybridized carbons (Fsp3) is 0.263. The van der Waals surface area contributed by atoms with Crippen molar-refractivity contribution in [2.24, 2.45) is 0 Å². The molecular formula is C19H21N3O2. The summed E-state index contributed by atoms with van der Waals surface area (Å²) >= 11 is 0. The Labute approximate surface area is 141 Å². The second-order valence-electron chi connectivity index (χ2n) is 5.60. The maximum Gasteiger partial charge on any atom is 0.251 e. The summed E-state index contributed by atoms with van der Waals surface area (Å²) in [5.41, 5.74) is 2.92. The summed E-state index contributed by atoms with van der Waals surface area (Å²) in [6, 6.07) is 11.7. The topological polar surface area (TPSA) is 56.1 Å². The van der Waals surface area contributed by atoms with Crippen molar-refractivity contribution in [2.45, 2.75) is 13.0 Å². The number of ether oxygens (including phenoxy) is 1. The third kappa shape index (κ3) is 3.63. The molecule has 0 aliphatic rings. The van der Waals surface area contributed by atoms with Crippen LogP contribution < -0.4 is 5.32 Å². The standard InChI is InChI=1S/C19H21N3O2/c1-24-14-13-22-12-8-16-17(3-2-4-18(16)22)19(23)21-11-7-15-5-9-20-10-6-15/h2-6,8-10,12H,7,11,13-14H2,1H3,(H,21,23). The van der Waals surface area contributed by atoms with Crippen molar-refractivity contribution in [3.8, 4) is 0 Å². The number of nitrogens with zero attached hydrogens (tertiary/aromatic N) is 2. The first-order valence-corrected chi connectivity index (χ1v) is 8.03. The first-order valence-electron chi connectivity index (χ1n) is 8.03. The van der Waals surface area contributed by atoms with Crippen molar-refractivity contribution in [3.63, 3.8) is 0 Å². The molecule has 0 spiro atoms. The van der Waals surface area contributed by atoms with Crippen molar-refractivity contribution < 1.29 is 9.53 Å². The third-order valence-electron chi connectivity index (χ3n) is 4.04. The summed E-state index contributed by atoms with van der Waals surface area (Å²) in [6.07, 6.45) is 6.32. The molecule has 5 nitrogen and oxygen atoms in total. The number of carbonyl (C=O) groups excluding carboxylic acids is 1. The van der Waals surface area contributed by atoms with Gasteiger partial charge >= 0.3 is 0 Å². The highest BCUT2D eigenvalue weighted by atomic mass is 16.5. The van der Waals surface area contributed by atoms with Crippen molar-refractivity contribution in [2.75, 3.05) is 20.3 Å². The zero-order valence-electron chi connectivity index (χ0n) is 13.7. The number of hydrogen-bond acceptors (Lipinski definition) is 3. The molecule has 0 atom stereocenters. The minimum absolute atomic E-state index is 0.0425. The molecule has 1 aromatic carbocycles. The Hall–Kier alpha value is -2.66. The third-order valence-corrected chi connectivity index (χ3v) is 4.04. The predicted octanol–water partition coefficient (Wildman–Crippen LogP) is 2.66. The van der Waals surface area contributed by atoms with E-state index in [1.165, 1.54) is 0 Å². The zero-order chi connectivity index (χ0) is 16.8. The molecule has 5 heteroatoms. The van der Waals surface area contributed by atoms with Gasteiger partial charge in [-0.2, -0.15) is 0 Å². The van der Waals surface area contributed by atoms with Gasteiger partial charge in [0.1, 0.15) is 0 Å². The number of carbonyl (C=O) groups is 1. The lowest BCUT2D eigenvalue weighted by Gasteiger charge is -2.08. The van der Waals surface area contributed by atoms with Crippen molar-refractivity contribution in [1.29, 1.82) is 0 Å². The van der Waals surface area contributed by atoms with E-state index >= 15 is 0 Å². The van der Waals surface area contributed by atoms with E-state index in [2.05, 4.69) is 14.9 Å². The van der Waals surface area contributed by atoms with E-state index in [4.69, 9.17) is 4.74 Å². The molecule has 0 fully saturated rings. The summed E-state index contributed by atoms with van der Waals surface area (Å²) in [5, 5.41) is 3.97. The Morgan fingerprint density at radius 1 is 1.21 bits per heavy atom. The van der Waals surface area contributed by atoms with Crippen LogP contribution in [-0.4, -0.2) is 35.7 Å². The molecule has 0 saturated heterocycles. The van der Waals surface area contributed by atoms with Crippen LogP contribution in [0.3, 0.4) is 0 Å². The van der Waals surface area contributed by atoms with Gasteiger partial charge in [-0.3, -0.25) is 9.78 Å². The lowest BCUT2D eigenvalue weighted by Crippen LogP contribution is -2.25. The van der Waals surface area contributed by atoms with Crippen molar-refractivity contribution >= 4 is 16.8 Å². The molecule has 0 radical (unpaired) electrons. The average Bonchev–Trinajstić information content (AvgIpc) is 3.04. The molecule has 0 bridgehead atoms. The highest BCUT2D eigenvalue weighted by molar-refractivity contribution is 6.06. The van der Waals surface area contributed by atoms with Crippen LogP contribution >= 0.6 is 0 Å². The first-order chi connectivity index (χ1) is 11.8. The fourth-order valence-electron chi connectivity index (χ4n) is 2.77. The number of rotatable bonds is 7. The average molecular weight is 323 g/mol. The molecule has 1 amide bonds. The second-order valence-corrected chi connectivity index (χ2v) is 5.60. The van der Waals surface area contributed by atoms with Crippen LogP contribution in [0, 0.1) is 0 Å². The molecular weight excluding hydrogens is 302 g/mol. The molecule has 3 rings (SSSR count). The van der Waals surface area contributed by atoms with Crippen LogP contribution in [0.2, 0.25) is 0 Å². The number of benzene rings is 1. The van der Waals surface area contributed by atoms with Gasteiger partial charge in [-0.1, -0.05) is 6.07 Å². The van der Waals surface area contributed by atoms with Crippen LogP contribution in [-0.2, 0) is 17.7 Å². The summed E-state index contributed by atoms with van der Waals surface area (Å²) in [5.74, 6) is -0.0425. The summed E-state index contributed by atoms with van der Waals surface area (Å²) < 4.78 is 7.24. The number of aromatic nitrogens is 2. The van der Waals surface area contributed by atoms with Gasteiger partial charge in [-0.05, 0) is 42.3 Å². The minimum Gasteiger partial charge on any atom is -0.383 e. The highest BCUT2D eigenvalue weighted by Crippen LogP contribution is 2.20. The van der Waals surface area contributed by atoms with Gasteiger partial charge in [0, 0.05) is 55.3 Å². The fourth-order valence-corrected chi connectivity index (χ4v) is 2.77. The van der Waals surface area contributed by atoms with E-state index in [0.29, 0.717) is 18.7 Å². The number of nitrogens with one attached hydrogen (secondary N) is 1. The SMILES string of the molecule is COCCn1ccc2c(C(=O)NCCc3ccncc3)cccc21. The molecule has 2 aromatic heterocycles. The predicted molar refractivity (Wildman–Crippen MR) is 94.1 cm³/mol. The Kier molecular flexibility index (Phi) is 5.23. The van der Waals surface area contributed by atoms with Gasteiger partial charge < -0.3 is 14.6 Å².